The molecule has 2 aromatic carbocycles. The van der Waals surface area contributed by atoms with E-state index in [4.69, 9.17) is 4.74 Å². The molecule has 0 aromatic heterocycles. The lowest BCUT2D eigenvalue weighted by Crippen LogP contribution is -2.53. The fourth-order valence-corrected chi connectivity index (χ4v) is 4.05. The maximum Gasteiger partial charge on any atom is 0.408 e. The van der Waals surface area contributed by atoms with Crippen LogP contribution in [0.3, 0.4) is 0 Å². The molecule has 0 fully saturated rings. The van der Waals surface area contributed by atoms with E-state index in [1.165, 1.54) is 4.90 Å². The summed E-state index contributed by atoms with van der Waals surface area (Å²) in [5.41, 5.74) is 3.53. The number of benzene rings is 2. The van der Waals surface area contributed by atoms with E-state index in [0.717, 1.165) is 16.7 Å². The van der Waals surface area contributed by atoms with Crippen LogP contribution >= 0.6 is 12.6 Å². The Hall–Kier alpha value is -3.00. The van der Waals surface area contributed by atoms with Crippen LogP contribution in [0.2, 0.25) is 0 Å². The number of carbonyl (C=O) groups is 3. The van der Waals surface area contributed by atoms with Crippen molar-refractivity contribution in [2.45, 2.75) is 66.2 Å². The van der Waals surface area contributed by atoms with E-state index >= 15 is 0 Å². The van der Waals surface area contributed by atoms with E-state index in [0.29, 0.717) is 11.3 Å². The van der Waals surface area contributed by atoms with Crippen molar-refractivity contribution in [3.63, 3.8) is 0 Å². The summed E-state index contributed by atoms with van der Waals surface area (Å²) in [6.07, 6.45) is -0.714. The molecule has 0 saturated carbocycles. The minimum absolute atomic E-state index is 0.0492. The number of ether oxygens (including phenoxy) is 1. The summed E-state index contributed by atoms with van der Waals surface area (Å²) in [6, 6.07) is 11.4. The van der Waals surface area contributed by atoms with Crippen LogP contribution in [0.25, 0.3) is 0 Å². The quantitative estimate of drug-likeness (QED) is 0.448. The van der Waals surface area contributed by atoms with Crippen LogP contribution < -0.4 is 10.6 Å². The molecular weight excluding hydrogens is 462 g/mol. The molecule has 3 amide bonds. The third kappa shape index (κ3) is 7.75. The Morgan fingerprint density at radius 1 is 1.03 bits per heavy atom. The molecule has 0 heterocycles. The number of nitrogens with zero attached hydrogens (tertiary/aromatic N) is 1. The molecule has 35 heavy (non-hydrogen) atoms. The van der Waals surface area contributed by atoms with Crippen LogP contribution in [0, 0.1) is 20.8 Å². The van der Waals surface area contributed by atoms with Crippen molar-refractivity contribution in [2.24, 2.45) is 0 Å². The Morgan fingerprint density at radius 3 is 2.23 bits per heavy atom. The minimum atomic E-state index is -0.965. The van der Waals surface area contributed by atoms with E-state index in [2.05, 4.69) is 23.3 Å². The second-order valence-electron chi connectivity index (χ2n) is 9.57. The maximum absolute atomic E-state index is 13.7. The molecule has 2 rings (SSSR count). The number of amides is 3. The number of hydrogen-bond acceptors (Lipinski definition) is 5. The number of para-hydroxylation sites is 1. The normalized spacial score (nSPS) is 12.9. The molecule has 8 heteroatoms. The van der Waals surface area contributed by atoms with E-state index < -0.39 is 29.7 Å². The van der Waals surface area contributed by atoms with Crippen LogP contribution in [-0.4, -0.2) is 46.7 Å². The number of thiol groups is 1. The highest BCUT2D eigenvalue weighted by molar-refractivity contribution is 7.80. The van der Waals surface area contributed by atoms with Crippen molar-refractivity contribution >= 4 is 36.2 Å². The summed E-state index contributed by atoms with van der Waals surface area (Å²) < 4.78 is 5.32. The number of aryl methyl sites for hydroxylation is 3. The topological polar surface area (TPSA) is 87.7 Å². The maximum atomic E-state index is 13.7. The number of rotatable bonds is 8. The average molecular weight is 500 g/mol. The lowest BCUT2D eigenvalue weighted by molar-refractivity contribution is -0.140. The zero-order valence-corrected chi connectivity index (χ0v) is 22.5. The van der Waals surface area contributed by atoms with Gasteiger partial charge in [0.15, 0.2) is 0 Å². The van der Waals surface area contributed by atoms with Crippen LogP contribution in [0.1, 0.15) is 56.0 Å². The highest BCUT2D eigenvalue weighted by Gasteiger charge is 2.36. The van der Waals surface area contributed by atoms with Gasteiger partial charge in [-0.05, 0) is 71.2 Å². The third-order valence-corrected chi connectivity index (χ3v) is 5.84. The molecule has 2 atom stereocenters. The number of nitrogens with one attached hydrogen (secondary N) is 2. The smallest absolute Gasteiger partial charge is 0.408 e. The summed E-state index contributed by atoms with van der Waals surface area (Å²) in [5, 5.41) is 5.59. The number of carbonyl (C=O) groups excluding carboxylic acids is 3. The molecular formula is C27H37N3O4S. The van der Waals surface area contributed by atoms with Gasteiger partial charge in [0.2, 0.25) is 5.91 Å². The van der Waals surface area contributed by atoms with Crippen molar-refractivity contribution in [2.75, 3.05) is 17.6 Å². The predicted molar refractivity (Wildman–Crippen MR) is 143 cm³/mol. The van der Waals surface area contributed by atoms with E-state index in [-0.39, 0.29) is 18.2 Å². The lowest BCUT2D eigenvalue weighted by Gasteiger charge is -2.34. The molecule has 0 aliphatic carbocycles. The largest absolute Gasteiger partial charge is 0.444 e. The van der Waals surface area contributed by atoms with E-state index in [9.17, 15) is 14.4 Å². The summed E-state index contributed by atoms with van der Waals surface area (Å²) >= 11 is 4.29. The van der Waals surface area contributed by atoms with Gasteiger partial charge >= 0.3 is 6.09 Å². The molecule has 2 aromatic rings. The SMILES string of the molecule is CCN(C(=O)C(CS)NC(=O)OC(C)(C)C)C(C(=O)Nc1ccccc1C)c1ccc(C)cc1C. The highest BCUT2D eigenvalue weighted by Crippen LogP contribution is 2.28. The lowest BCUT2D eigenvalue weighted by atomic mass is 9.96. The summed E-state index contributed by atoms with van der Waals surface area (Å²) in [7, 11) is 0. The Bertz CT molecular complexity index is 1060. The molecule has 7 nitrogen and oxygen atoms in total. The second-order valence-corrected chi connectivity index (χ2v) is 9.94. The van der Waals surface area contributed by atoms with Crippen LogP contribution in [0.4, 0.5) is 10.5 Å². The molecule has 0 aliphatic rings. The molecule has 0 bridgehead atoms. The van der Waals surface area contributed by atoms with Gasteiger partial charge in [0.25, 0.3) is 5.91 Å². The van der Waals surface area contributed by atoms with Crippen LogP contribution in [-0.2, 0) is 14.3 Å². The standard InChI is InChI=1S/C27H37N3O4S/c1-8-30(25(32)22(16-35)29-26(33)34-27(5,6)7)23(20-14-13-17(2)15-19(20)4)24(31)28-21-12-10-9-11-18(21)3/h9-15,22-23,35H,8,16H2,1-7H3,(H,28,31)(H,29,33). The van der Waals surface area contributed by atoms with Gasteiger partial charge in [-0.1, -0.05) is 42.0 Å². The summed E-state index contributed by atoms with van der Waals surface area (Å²) in [4.78, 5) is 41.2. The van der Waals surface area contributed by atoms with Crippen molar-refractivity contribution in [3.05, 3.63) is 64.7 Å². The first-order valence-corrected chi connectivity index (χ1v) is 12.4. The first-order chi connectivity index (χ1) is 16.4. The van der Waals surface area contributed by atoms with Crippen molar-refractivity contribution < 1.29 is 19.1 Å². The Morgan fingerprint density at radius 2 is 1.69 bits per heavy atom. The Balaban J connectivity index is 2.45. The van der Waals surface area contributed by atoms with Gasteiger partial charge in [-0.2, -0.15) is 12.6 Å². The first kappa shape index (κ1) is 28.2. The molecule has 0 aliphatic heterocycles. The van der Waals surface area contributed by atoms with Gasteiger partial charge in [-0.3, -0.25) is 9.59 Å². The molecule has 0 saturated heterocycles. The average Bonchev–Trinajstić information content (AvgIpc) is 2.76. The van der Waals surface area contributed by atoms with E-state index in [1.807, 2.05) is 63.2 Å². The van der Waals surface area contributed by atoms with Gasteiger partial charge in [-0.15, -0.1) is 0 Å². The van der Waals surface area contributed by atoms with Gasteiger partial charge in [0.05, 0.1) is 0 Å². The number of alkyl carbamates (subject to hydrolysis) is 1. The molecule has 190 valence electrons. The minimum Gasteiger partial charge on any atom is -0.444 e. The van der Waals surface area contributed by atoms with Crippen LogP contribution in [0.5, 0.6) is 0 Å². The van der Waals surface area contributed by atoms with Crippen molar-refractivity contribution in [1.29, 1.82) is 0 Å². The Kier molecular flexibility index (Phi) is 9.77. The fourth-order valence-electron chi connectivity index (χ4n) is 3.80. The molecule has 2 unspecified atom stereocenters. The number of likely N-dealkylation sites (N-methyl/N-ethyl adjacent to an activating group) is 1. The van der Waals surface area contributed by atoms with Gasteiger partial charge in [0.1, 0.15) is 17.7 Å². The zero-order chi connectivity index (χ0) is 26.3. The summed E-state index contributed by atoms with van der Waals surface area (Å²) in [6.45, 7) is 13.1. The Labute approximate surface area is 214 Å². The summed E-state index contributed by atoms with van der Waals surface area (Å²) in [5.74, 6) is -0.706. The second kappa shape index (κ2) is 12.1. The van der Waals surface area contributed by atoms with Crippen LogP contribution in [0.15, 0.2) is 42.5 Å². The highest BCUT2D eigenvalue weighted by atomic mass is 32.1. The molecule has 0 spiro atoms. The van der Waals surface area contributed by atoms with Gasteiger partial charge < -0.3 is 20.3 Å². The number of anilines is 1. The first-order valence-electron chi connectivity index (χ1n) is 11.7. The molecule has 0 radical (unpaired) electrons. The third-order valence-electron chi connectivity index (χ3n) is 5.48. The van der Waals surface area contributed by atoms with Gasteiger partial charge in [0, 0.05) is 18.0 Å². The predicted octanol–water partition coefficient (Wildman–Crippen LogP) is 4.96. The number of hydrogen-bond donors (Lipinski definition) is 3. The van der Waals surface area contributed by atoms with Crippen molar-refractivity contribution in [1.82, 2.24) is 10.2 Å². The van der Waals surface area contributed by atoms with E-state index in [1.54, 1.807) is 27.7 Å². The molecule has 2 N–H and O–H groups in total. The fraction of sp³-hybridized carbons (Fsp3) is 0.444. The monoisotopic (exact) mass is 499 g/mol. The van der Waals surface area contributed by atoms with Crippen molar-refractivity contribution in [3.8, 4) is 0 Å². The van der Waals surface area contributed by atoms with Gasteiger partial charge in [-0.25, -0.2) is 4.79 Å². The zero-order valence-electron chi connectivity index (χ0n) is 21.6.